The van der Waals surface area contributed by atoms with E-state index in [2.05, 4.69) is 10.3 Å². The third-order valence-electron chi connectivity index (χ3n) is 3.24. The predicted octanol–water partition coefficient (Wildman–Crippen LogP) is 4.22. The molecule has 0 saturated heterocycles. The van der Waals surface area contributed by atoms with Gasteiger partial charge in [0.05, 0.1) is 10.0 Å². The number of aryl methyl sites for hydroxylation is 1. The zero-order valence-corrected chi connectivity index (χ0v) is 13.2. The number of halogens is 2. The van der Waals surface area contributed by atoms with Crippen molar-refractivity contribution in [3.05, 3.63) is 74.9 Å². The summed E-state index contributed by atoms with van der Waals surface area (Å²) in [6.07, 6.45) is 1.68. The molecule has 5 heteroatoms. The topological polar surface area (TPSA) is 41.5 Å². The van der Waals surface area contributed by atoms with E-state index in [9.17, 15) is 4.79 Å². The third kappa shape index (κ3) is 3.06. The van der Waals surface area contributed by atoms with Crippen LogP contribution in [0.4, 0.5) is 0 Å². The van der Waals surface area contributed by atoms with Crippen LogP contribution in [0.5, 0.6) is 0 Å². The van der Waals surface area contributed by atoms with Crippen LogP contribution in [-0.2, 0) is 4.79 Å². The summed E-state index contributed by atoms with van der Waals surface area (Å²) < 4.78 is 0. The van der Waals surface area contributed by atoms with Gasteiger partial charge in [0.2, 0.25) is 0 Å². The van der Waals surface area contributed by atoms with Crippen molar-refractivity contribution < 1.29 is 4.79 Å². The molecule has 1 amide bonds. The summed E-state index contributed by atoms with van der Waals surface area (Å²) in [7, 11) is 0. The molecule has 0 fully saturated rings. The predicted molar refractivity (Wildman–Crippen MR) is 90.3 cm³/mol. The third-order valence-corrected chi connectivity index (χ3v) is 3.97. The highest BCUT2D eigenvalue weighted by Gasteiger charge is 2.21. The van der Waals surface area contributed by atoms with Crippen molar-refractivity contribution >= 4 is 41.0 Å². The lowest BCUT2D eigenvalue weighted by Gasteiger charge is -2.00. The monoisotopic (exact) mass is 330 g/mol. The molecule has 0 radical (unpaired) electrons. The van der Waals surface area contributed by atoms with Gasteiger partial charge in [0.1, 0.15) is 11.5 Å². The van der Waals surface area contributed by atoms with E-state index in [0.717, 1.165) is 16.7 Å². The molecule has 0 aromatic heterocycles. The van der Waals surface area contributed by atoms with Crippen LogP contribution in [0.3, 0.4) is 0 Å². The van der Waals surface area contributed by atoms with Gasteiger partial charge in [-0.2, -0.15) is 0 Å². The second-order valence-corrected chi connectivity index (χ2v) is 5.80. The van der Waals surface area contributed by atoms with Gasteiger partial charge in [0, 0.05) is 5.56 Å². The van der Waals surface area contributed by atoms with Gasteiger partial charge >= 0.3 is 0 Å². The van der Waals surface area contributed by atoms with E-state index < -0.39 is 0 Å². The molecule has 1 aliphatic rings. The molecular formula is C17H12Cl2N2O. The number of carbonyl (C=O) groups excluding carboxylic acids is 1. The van der Waals surface area contributed by atoms with E-state index in [1.807, 2.05) is 31.2 Å². The lowest BCUT2D eigenvalue weighted by Crippen LogP contribution is -2.24. The Kier molecular flexibility index (Phi) is 4.01. The summed E-state index contributed by atoms with van der Waals surface area (Å²) >= 11 is 11.9. The quantitative estimate of drug-likeness (QED) is 0.823. The zero-order valence-electron chi connectivity index (χ0n) is 11.7. The van der Waals surface area contributed by atoms with Crippen LogP contribution >= 0.6 is 23.2 Å². The van der Waals surface area contributed by atoms with E-state index in [1.54, 1.807) is 24.3 Å². The molecule has 0 atom stereocenters. The Hall–Kier alpha value is -2.10. The minimum absolute atomic E-state index is 0.234. The number of hydrogen-bond acceptors (Lipinski definition) is 2. The van der Waals surface area contributed by atoms with E-state index in [-0.39, 0.29) is 5.91 Å². The molecule has 0 bridgehead atoms. The highest BCUT2D eigenvalue weighted by molar-refractivity contribution is 6.42. The molecule has 0 unspecified atom stereocenters. The number of aliphatic imine (C=N–C) groups is 1. The van der Waals surface area contributed by atoms with E-state index in [0.29, 0.717) is 21.6 Å². The summed E-state index contributed by atoms with van der Waals surface area (Å²) in [4.78, 5) is 16.4. The summed E-state index contributed by atoms with van der Waals surface area (Å²) in [5.41, 5.74) is 3.10. The standard InChI is InChI=1S/C17H12Cl2N2O/c1-10-3-2-4-12(7-10)16-20-15(17(22)21-16)9-11-5-6-13(18)14(19)8-11/h2-9H,1H3,(H,20,21,22)/b15-9+. The van der Waals surface area contributed by atoms with Crippen molar-refractivity contribution in [3.8, 4) is 0 Å². The van der Waals surface area contributed by atoms with Crippen molar-refractivity contribution in [2.75, 3.05) is 0 Å². The fraction of sp³-hybridized carbons (Fsp3) is 0.0588. The van der Waals surface area contributed by atoms with E-state index >= 15 is 0 Å². The summed E-state index contributed by atoms with van der Waals surface area (Å²) in [6, 6.07) is 13.0. The molecule has 3 rings (SSSR count). The van der Waals surface area contributed by atoms with Gasteiger partial charge < -0.3 is 5.32 Å². The number of hydrogen-bond donors (Lipinski definition) is 1. The number of nitrogens with zero attached hydrogens (tertiary/aromatic N) is 1. The van der Waals surface area contributed by atoms with Crippen molar-refractivity contribution in [3.63, 3.8) is 0 Å². The molecule has 2 aromatic rings. The van der Waals surface area contributed by atoms with Crippen LogP contribution in [0.2, 0.25) is 10.0 Å². The number of rotatable bonds is 2. The molecule has 22 heavy (non-hydrogen) atoms. The number of carbonyl (C=O) groups is 1. The largest absolute Gasteiger partial charge is 0.305 e. The second kappa shape index (κ2) is 5.95. The maximum absolute atomic E-state index is 12.0. The molecule has 1 N–H and O–H groups in total. The number of amides is 1. The summed E-state index contributed by atoms with van der Waals surface area (Å²) in [5, 5.41) is 3.69. The maximum Gasteiger partial charge on any atom is 0.275 e. The van der Waals surface area contributed by atoms with E-state index in [1.165, 1.54) is 0 Å². The van der Waals surface area contributed by atoms with Gasteiger partial charge in [-0.1, -0.05) is 53.0 Å². The highest BCUT2D eigenvalue weighted by atomic mass is 35.5. The van der Waals surface area contributed by atoms with Gasteiger partial charge in [-0.05, 0) is 36.8 Å². The normalized spacial score (nSPS) is 15.9. The van der Waals surface area contributed by atoms with Crippen LogP contribution in [0.15, 0.2) is 53.2 Å². The molecule has 0 aliphatic carbocycles. The number of benzene rings is 2. The Bertz CT molecular complexity index is 825. The Morgan fingerprint density at radius 2 is 1.91 bits per heavy atom. The Morgan fingerprint density at radius 3 is 2.64 bits per heavy atom. The molecule has 2 aromatic carbocycles. The molecular weight excluding hydrogens is 319 g/mol. The molecule has 1 aliphatic heterocycles. The Morgan fingerprint density at radius 1 is 1.09 bits per heavy atom. The SMILES string of the molecule is Cc1cccc(C2=N/C(=C/c3ccc(Cl)c(Cl)c3)C(=O)N2)c1. The van der Waals surface area contributed by atoms with Crippen LogP contribution < -0.4 is 5.32 Å². The van der Waals surface area contributed by atoms with Crippen LogP contribution in [-0.4, -0.2) is 11.7 Å². The first kappa shape index (κ1) is 14.8. The van der Waals surface area contributed by atoms with Crippen LogP contribution in [0.1, 0.15) is 16.7 Å². The van der Waals surface area contributed by atoms with Gasteiger partial charge in [0.25, 0.3) is 5.91 Å². The summed E-state index contributed by atoms with van der Waals surface area (Å²) in [5.74, 6) is 0.322. The smallest absolute Gasteiger partial charge is 0.275 e. The maximum atomic E-state index is 12.0. The average molecular weight is 331 g/mol. The van der Waals surface area contributed by atoms with Gasteiger partial charge in [-0.25, -0.2) is 4.99 Å². The highest BCUT2D eigenvalue weighted by Crippen LogP contribution is 2.24. The van der Waals surface area contributed by atoms with E-state index in [4.69, 9.17) is 23.2 Å². The fourth-order valence-electron chi connectivity index (χ4n) is 2.16. The second-order valence-electron chi connectivity index (χ2n) is 4.99. The zero-order chi connectivity index (χ0) is 15.7. The molecule has 0 saturated carbocycles. The van der Waals surface area contributed by atoms with Crippen molar-refractivity contribution in [2.24, 2.45) is 4.99 Å². The number of nitrogens with one attached hydrogen (secondary N) is 1. The lowest BCUT2D eigenvalue weighted by molar-refractivity contribution is -0.115. The fourth-order valence-corrected chi connectivity index (χ4v) is 2.46. The minimum Gasteiger partial charge on any atom is -0.305 e. The molecule has 3 nitrogen and oxygen atoms in total. The van der Waals surface area contributed by atoms with Gasteiger partial charge in [-0.3, -0.25) is 4.79 Å². The van der Waals surface area contributed by atoms with Gasteiger partial charge in [-0.15, -0.1) is 0 Å². The number of amidine groups is 1. The Labute approximate surface area is 138 Å². The summed E-state index contributed by atoms with van der Waals surface area (Å²) in [6.45, 7) is 1.99. The van der Waals surface area contributed by atoms with Crippen molar-refractivity contribution in [1.82, 2.24) is 5.32 Å². The first-order chi connectivity index (χ1) is 10.5. The molecule has 110 valence electrons. The average Bonchev–Trinajstić information content (AvgIpc) is 2.84. The Balaban J connectivity index is 1.95. The van der Waals surface area contributed by atoms with Crippen molar-refractivity contribution in [1.29, 1.82) is 0 Å². The first-order valence-corrected chi connectivity index (χ1v) is 7.42. The van der Waals surface area contributed by atoms with Crippen LogP contribution in [0.25, 0.3) is 6.08 Å². The molecule has 1 heterocycles. The first-order valence-electron chi connectivity index (χ1n) is 6.67. The minimum atomic E-state index is -0.234. The van der Waals surface area contributed by atoms with Gasteiger partial charge in [0.15, 0.2) is 0 Å². The van der Waals surface area contributed by atoms with Crippen molar-refractivity contribution in [2.45, 2.75) is 6.92 Å². The molecule has 0 spiro atoms. The lowest BCUT2D eigenvalue weighted by atomic mass is 10.1. The van der Waals surface area contributed by atoms with Crippen LogP contribution in [0, 0.1) is 6.92 Å².